The van der Waals surface area contributed by atoms with Crippen molar-refractivity contribution in [2.75, 3.05) is 13.1 Å². The molecule has 2 N–H and O–H groups in total. The van der Waals surface area contributed by atoms with E-state index in [0.717, 1.165) is 31.5 Å². The second-order valence-corrected chi connectivity index (χ2v) is 6.66. The first-order valence-corrected chi connectivity index (χ1v) is 8.19. The van der Waals surface area contributed by atoms with Gasteiger partial charge in [-0.1, -0.05) is 35.5 Å². The van der Waals surface area contributed by atoms with Crippen molar-refractivity contribution in [1.29, 1.82) is 0 Å². The fourth-order valence-corrected chi connectivity index (χ4v) is 3.88. The molecule has 6 heteroatoms. The third-order valence-electron chi connectivity index (χ3n) is 5.14. The summed E-state index contributed by atoms with van der Waals surface area (Å²) in [4.78, 5) is 14.5. The Morgan fingerprint density at radius 3 is 2.83 bits per heavy atom. The van der Waals surface area contributed by atoms with Gasteiger partial charge in [-0.05, 0) is 30.2 Å². The molecule has 1 saturated heterocycles. The Morgan fingerprint density at radius 2 is 2.04 bits per heavy atom. The van der Waals surface area contributed by atoms with Crippen LogP contribution in [0.1, 0.15) is 28.9 Å². The van der Waals surface area contributed by atoms with Crippen LogP contribution in [-0.2, 0) is 6.54 Å². The summed E-state index contributed by atoms with van der Waals surface area (Å²) < 4.78 is 1.71. The first-order chi connectivity index (χ1) is 11.2. The van der Waals surface area contributed by atoms with Gasteiger partial charge in [-0.3, -0.25) is 4.79 Å². The van der Waals surface area contributed by atoms with Crippen LogP contribution in [0.15, 0.2) is 36.5 Å². The quantitative estimate of drug-likeness (QED) is 0.922. The number of likely N-dealkylation sites (tertiary alicyclic amines) is 1. The number of rotatable bonds is 3. The second kappa shape index (κ2) is 5.77. The van der Waals surface area contributed by atoms with E-state index in [0.29, 0.717) is 24.1 Å². The molecule has 4 rings (SSSR count). The second-order valence-electron chi connectivity index (χ2n) is 6.66. The SMILES string of the molecule is NC1CCC2CN(C(=O)c3cn(Cc4ccccc4)nn3)CC12. The van der Waals surface area contributed by atoms with Gasteiger partial charge in [-0.25, -0.2) is 4.68 Å². The zero-order valence-electron chi connectivity index (χ0n) is 13.0. The van der Waals surface area contributed by atoms with Crippen molar-refractivity contribution in [3.63, 3.8) is 0 Å². The Balaban J connectivity index is 1.44. The van der Waals surface area contributed by atoms with Crippen molar-refractivity contribution in [1.82, 2.24) is 19.9 Å². The molecule has 1 aliphatic carbocycles. The molecular weight excluding hydrogens is 290 g/mol. The van der Waals surface area contributed by atoms with Crippen LogP contribution in [0.4, 0.5) is 0 Å². The van der Waals surface area contributed by atoms with Crippen LogP contribution in [0.2, 0.25) is 0 Å². The maximum absolute atomic E-state index is 12.6. The monoisotopic (exact) mass is 311 g/mol. The molecule has 0 bridgehead atoms. The van der Waals surface area contributed by atoms with Gasteiger partial charge >= 0.3 is 0 Å². The topological polar surface area (TPSA) is 77.0 Å². The van der Waals surface area contributed by atoms with Gasteiger partial charge in [0, 0.05) is 19.1 Å². The number of nitrogens with zero attached hydrogens (tertiary/aromatic N) is 4. The average Bonchev–Trinajstić information content (AvgIpc) is 3.26. The molecule has 23 heavy (non-hydrogen) atoms. The van der Waals surface area contributed by atoms with E-state index in [2.05, 4.69) is 10.3 Å². The van der Waals surface area contributed by atoms with Gasteiger partial charge in [-0.2, -0.15) is 0 Å². The first kappa shape index (κ1) is 14.4. The first-order valence-electron chi connectivity index (χ1n) is 8.19. The third kappa shape index (κ3) is 2.74. The number of nitrogens with two attached hydrogens (primary N) is 1. The molecule has 1 aromatic heterocycles. The summed E-state index contributed by atoms with van der Waals surface area (Å²) in [7, 11) is 0. The predicted molar refractivity (Wildman–Crippen MR) is 85.7 cm³/mol. The smallest absolute Gasteiger partial charge is 0.276 e. The van der Waals surface area contributed by atoms with E-state index in [9.17, 15) is 4.79 Å². The maximum Gasteiger partial charge on any atom is 0.276 e. The molecule has 0 radical (unpaired) electrons. The summed E-state index contributed by atoms with van der Waals surface area (Å²) in [6.45, 7) is 2.19. The Morgan fingerprint density at radius 1 is 1.22 bits per heavy atom. The molecular formula is C17H21N5O. The van der Waals surface area contributed by atoms with Crippen LogP contribution >= 0.6 is 0 Å². The summed E-state index contributed by atoms with van der Waals surface area (Å²) in [5, 5.41) is 8.15. The van der Waals surface area contributed by atoms with E-state index in [1.807, 2.05) is 35.2 Å². The summed E-state index contributed by atoms with van der Waals surface area (Å²) in [6.07, 6.45) is 3.96. The van der Waals surface area contributed by atoms with Gasteiger partial charge in [0.05, 0.1) is 12.7 Å². The van der Waals surface area contributed by atoms with Crippen molar-refractivity contribution in [2.45, 2.75) is 25.4 Å². The summed E-state index contributed by atoms with van der Waals surface area (Å²) in [5.41, 5.74) is 7.70. The number of carbonyl (C=O) groups excluding carboxylic acids is 1. The molecule has 2 aromatic rings. The normalized spacial score (nSPS) is 26.5. The van der Waals surface area contributed by atoms with Crippen molar-refractivity contribution in [3.05, 3.63) is 47.8 Å². The van der Waals surface area contributed by atoms with Crippen LogP contribution in [0, 0.1) is 11.8 Å². The van der Waals surface area contributed by atoms with Crippen LogP contribution in [-0.4, -0.2) is 44.9 Å². The Hall–Kier alpha value is -2.21. The minimum absolute atomic E-state index is 0.0223. The fraction of sp³-hybridized carbons (Fsp3) is 0.471. The van der Waals surface area contributed by atoms with Crippen LogP contribution in [0.5, 0.6) is 0 Å². The van der Waals surface area contributed by atoms with E-state index in [-0.39, 0.29) is 11.9 Å². The molecule has 1 aliphatic heterocycles. The lowest BCUT2D eigenvalue weighted by Gasteiger charge is -2.17. The highest BCUT2D eigenvalue weighted by Gasteiger charge is 2.42. The standard InChI is InChI=1S/C17H21N5O/c18-15-7-6-13-9-21(10-14(13)15)17(23)16-11-22(20-19-16)8-12-4-2-1-3-5-12/h1-5,11,13-15H,6-10,18H2. The largest absolute Gasteiger partial charge is 0.337 e. The van der Waals surface area contributed by atoms with Gasteiger partial charge in [0.25, 0.3) is 5.91 Å². The minimum atomic E-state index is -0.0223. The third-order valence-corrected chi connectivity index (χ3v) is 5.14. The van der Waals surface area contributed by atoms with Crippen molar-refractivity contribution < 1.29 is 4.79 Å². The Bertz CT molecular complexity index is 698. The van der Waals surface area contributed by atoms with Crippen LogP contribution in [0.25, 0.3) is 0 Å². The highest BCUT2D eigenvalue weighted by molar-refractivity contribution is 5.92. The predicted octanol–water partition coefficient (Wildman–Crippen LogP) is 1.14. The molecule has 2 heterocycles. The number of benzene rings is 1. The fourth-order valence-electron chi connectivity index (χ4n) is 3.88. The highest BCUT2D eigenvalue weighted by atomic mass is 16.2. The zero-order chi connectivity index (χ0) is 15.8. The lowest BCUT2D eigenvalue weighted by molar-refractivity contribution is 0.0773. The number of amides is 1. The highest BCUT2D eigenvalue weighted by Crippen LogP contribution is 2.37. The van der Waals surface area contributed by atoms with Gasteiger partial charge in [-0.15, -0.1) is 5.10 Å². The van der Waals surface area contributed by atoms with Gasteiger partial charge in [0.2, 0.25) is 0 Å². The number of carbonyl (C=O) groups is 1. The molecule has 1 saturated carbocycles. The van der Waals surface area contributed by atoms with Gasteiger partial charge < -0.3 is 10.6 Å². The summed E-state index contributed by atoms with van der Waals surface area (Å²) >= 11 is 0. The van der Waals surface area contributed by atoms with E-state index in [1.165, 1.54) is 0 Å². The van der Waals surface area contributed by atoms with Crippen molar-refractivity contribution in [2.24, 2.45) is 17.6 Å². The van der Waals surface area contributed by atoms with Crippen LogP contribution in [0.3, 0.4) is 0 Å². The van der Waals surface area contributed by atoms with Gasteiger partial charge in [0.15, 0.2) is 5.69 Å². The molecule has 3 atom stereocenters. The lowest BCUT2D eigenvalue weighted by atomic mass is 9.98. The number of fused-ring (bicyclic) bond motifs is 1. The molecule has 120 valence electrons. The average molecular weight is 311 g/mol. The van der Waals surface area contributed by atoms with Crippen LogP contribution < -0.4 is 5.73 Å². The molecule has 2 aliphatic rings. The van der Waals surface area contributed by atoms with E-state index >= 15 is 0 Å². The summed E-state index contributed by atoms with van der Waals surface area (Å²) in [6, 6.07) is 10.3. The van der Waals surface area contributed by atoms with E-state index in [1.54, 1.807) is 10.9 Å². The van der Waals surface area contributed by atoms with E-state index in [4.69, 9.17) is 5.73 Å². The van der Waals surface area contributed by atoms with Crippen molar-refractivity contribution >= 4 is 5.91 Å². The maximum atomic E-state index is 12.6. The molecule has 3 unspecified atom stereocenters. The molecule has 1 aromatic carbocycles. The molecule has 0 spiro atoms. The number of aromatic nitrogens is 3. The van der Waals surface area contributed by atoms with Crippen molar-refractivity contribution in [3.8, 4) is 0 Å². The summed E-state index contributed by atoms with van der Waals surface area (Å²) in [5.74, 6) is 0.998. The zero-order valence-corrected chi connectivity index (χ0v) is 13.0. The lowest BCUT2D eigenvalue weighted by Crippen LogP contribution is -2.33. The molecule has 6 nitrogen and oxygen atoms in total. The van der Waals surface area contributed by atoms with Gasteiger partial charge in [0.1, 0.15) is 0 Å². The number of hydrogen-bond acceptors (Lipinski definition) is 4. The Labute approximate surface area is 135 Å². The minimum Gasteiger partial charge on any atom is -0.337 e. The molecule has 1 amide bonds. The number of hydrogen-bond donors (Lipinski definition) is 1. The van der Waals surface area contributed by atoms with E-state index < -0.39 is 0 Å². The Kier molecular flexibility index (Phi) is 3.61. The molecule has 2 fully saturated rings.